The van der Waals surface area contributed by atoms with Crippen LogP contribution >= 0.6 is 0 Å². The Kier molecular flexibility index (Phi) is 10.00. The minimum Gasteiger partial charge on any atom is -0.481 e. The van der Waals surface area contributed by atoms with E-state index in [1.165, 1.54) is 4.90 Å². The molecule has 0 rings (SSSR count). The lowest BCUT2D eigenvalue weighted by molar-refractivity contribution is -0.139. The van der Waals surface area contributed by atoms with Crippen LogP contribution in [0.15, 0.2) is 0 Å². The molecular weight excluding hydrogens is 265 g/mol. The molecule has 0 aromatic heterocycles. The third-order valence-electron chi connectivity index (χ3n) is 2.94. The smallest absolute Gasteiger partial charge is 0.451 e. The number of nitrogens with zero attached hydrogens (tertiary/aromatic N) is 1. The first-order chi connectivity index (χ1) is 9.40. The Morgan fingerprint density at radius 1 is 1.25 bits per heavy atom. The molecule has 8 nitrogen and oxygen atoms in total. The number of hydrogen-bond donors (Lipinski definition) is 5. The van der Waals surface area contributed by atoms with Crippen molar-refractivity contribution in [2.24, 2.45) is 17.4 Å². The van der Waals surface area contributed by atoms with Gasteiger partial charge in [0, 0.05) is 26.1 Å². The van der Waals surface area contributed by atoms with Crippen molar-refractivity contribution in [3.05, 3.63) is 0 Å². The second kappa shape index (κ2) is 10.6. The summed E-state index contributed by atoms with van der Waals surface area (Å²) in [7, 11) is -1.40. The maximum atomic E-state index is 11.6. The molecule has 0 spiro atoms. The van der Waals surface area contributed by atoms with Crippen LogP contribution in [0.1, 0.15) is 19.3 Å². The van der Waals surface area contributed by atoms with Crippen molar-refractivity contribution in [3.8, 4) is 0 Å². The van der Waals surface area contributed by atoms with Gasteiger partial charge in [-0.05, 0) is 18.7 Å². The van der Waals surface area contributed by atoms with Crippen LogP contribution in [-0.4, -0.2) is 65.2 Å². The van der Waals surface area contributed by atoms with Crippen LogP contribution in [0.5, 0.6) is 0 Å². The first-order valence-corrected chi connectivity index (χ1v) is 6.66. The largest absolute Gasteiger partial charge is 0.481 e. The van der Waals surface area contributed by atoms with Crippen molar-refractivity contribution in [3.63, 3.8) is 0 Å². The molecule has 116 valence electrons. The highest BCUT2D eigenvalue weighted by atomic mass is 16.4. The van der Waals surface area contributed by atoms with Gasteiger partial charge in [-0.3, -0.25) is 9.59 Å². The van der Waals surface area contributed by atoms with Crippen LogP contribution in [-0.2, 0) is 9.59 Å². The van der Waals surface area contributed by atoms with Crippen molar-refractivity contribution in [1.82, 2.24) is 4.90 Å². The molecule has 0 fully saturated rings. The molecule has 9 heteroatoms. The Balaban J connectivity index is 4.49. The van der Waals surface area contributed by atoms with Crippen LogP contribution < -0.4 is 11.5 Å². The Bertz CT molecular complexity index is 304. The first-order valence-electron chi connectivity index (χ1n) is 6.66. The molecule has 20 heavy (non-hydrogen) atoms. The van der Waals surface area contributed by atoms with E-state index in [9.17, 15) is 9.59 Å². The summed E-state index contributed by atoms with van der Waals surface area (Å²) in [5, 5.41) is 26.4. The lowest BCUT2D eigenvalue weighted by Gasteiger charge is -2.26. The minimum atomic E-state index is -1.40. The normalized spacial score (nSPS) is 12.0. The monoisotopic (exact) mass is 289 g/mol. The van der Waals surface area contributed by atoms with Gasteiger partial charge in [0.15, 0.2) is 0 Å². The molecule has 0 radical (unpaired) electrons. The second-order valence-electron chi connectivity index (χ2n) is 4.71. The molecule has 0 aliphatic heterocycles. The highest BCUT2D eigenvalue weighted by molar-refractivity contribution is 6.40. The third-order valence-corrected chi connectivity index (χ3v) is 2.94. The van der Waals surface area contributed by atoms with Gasteiger partial charge in [0.1, 0.15) is 0 Å². The van der Waals surface area contributed by atoms with Gasteiger partial charge >= 0.3 is 13.1 Å². The number of aliphatic carboxylic acids is 1. The fourth-order valence-corrected chi connectivity index (χ4v) is 2.01. The Hall–Kier alpha value is -1.16. The Labute approximate surface area is 118 Å². The van der Waals surface area contributed by atoms with Crippen molar-refractivity contribution in [2.75, 3.05) is 26.2 Å². The number of carbonyl (C=O) groups excluding carboxylic acids is 1. The van der Waals surface area contributed by atoms with E-state index in [2.05, 4.69) is 0 Å². The average Bonchev–Trinajstić information content (AvgIpc) is 2.36. The summed E-state index contributed by atoms with van der Waals surface area (Å²) >= 11 is 0. The number of hydrogen-bond acceptors (Lipinski definition) is 6. The minimum absolute atomic E-state index is 0.0829. The molecule has 0 heterocycles. The van der Waals surface area contributed by atoms with Crippen LogP contribution in [0.2, 0.25) is 6.32 Å². The lowest BCUT2D eigenvalue weighted by Crippen LogP contribution is -2.42. The van der Waals surface area contributed by atoms with Crippen LogP contribution in [0.25, 0.3) is 0 Å². The number of amides is 1. The predicted octanol–water partition coefficient (Wildman–Crippen LogP) is -1.92. The quantitative estimate of drug-likeness (QED) is 0.278. The molecule has 0 unspecified atom stereocenters. The summed E-state index contributed by atoms with van der Waals surface area (Å²) in [5.74, 6) is -1.48. The SMILES string of the molecule is NCCN(C[C@H](CCCB(O)O)CC(=O)O)C(=O)CN. The molecule has 1 atom stereocenters. The van der Waals surface area contributed by atoms with E-state index >= 15 is 0 Å². The van der Waals surface area contributed by atoms with Gasteiger partial charge in [0.2, 0.25) is 5.91 Å². The number of rotatable bonds is 11. The van der Waals surface area contributed by atoms with Crippen molar-refractivity contribution >= 4 is 19.0 Å². The molecule has 0 aliphatic carbocycles. The molecule has 0 aliphatic rings. The molecule has 1 amide bonds. The van der Waals surface area contributed by atoms with E-state index in [4.69, 9.17) is 26.6 Å². The summed E-state index contributed by atoms with van der Waals surface area (Å²) in [4.78, 5) is 23.9. The fourth-order valence-electron chi connectivity index (χ4n) is 2.01. The van der Waals surface area contributed by atoms with Gasteiger partial charge < -0.3 is 31.5 Å². The average molecular weight is 289 g/mol. The van der Waals surface area contributed by atoms with Crippen LogP contribution in [0.3, 0.4) is 0 Å². The van der Waals surface area contributed by atoms with E-state index < -0.39 is 13.1 Å². The number of carbonyl (C=O) groups is 2. The lowest BCUT2D eigenvalue weighted by atomic mass is 9.82. The molecule has 0 saturated carbocycles. The first kappa shape index (κ1) is 18.8. The van der Waals surface area contributed by atoms with Crippen molar-refractivity contribution < 1.29 is 24.7 Å². The van der Waals surface area contributed by atoms with E-state index in [0.29, 0.717) is 19.4 Å². The van der Waals surface area contributed by atoms with Gasteiger partial charge in [-0.1, -0.05) is 6.42 Å². The topological polar surface area (TPSA) is 150 Å². The molecule has 7 N–H and O–H groups in total. The predicted molar refractivity (Wildman–Crippen MR) is 74.7 cm³/mol. The van der Waals surface area contributed by atoms with Crippen molar-refractivity contribution in [2.45, 2.75) is 25.6 Å². The molecule has 0 aromatic carbocycles. The molecule has 0 saturated heterocycles. The van der Waals surface area contributed by atoms with Crippen molar-refractivity contribution in [1.29, 1.82) is 0 Å². The Morgan fingerprint density at radius 2 is 1.90 bits per heavy atom. The standard InChI is InChI=1S/C11H24BN3O5/c13-4-5-15(10(16)7-14)8-9(6-11(17)18)2-1-3-12(19)20/h9,19-20H,1-8,13-14H2,(H,17,18)/t9-/m1/s1. The van der Waals surface area contributed by atoms with E-state index in [-0.39, 0.29) is 44.2 Å². The summed E-state index contributed by atoms with van der Waals surface area (Å²) in [6.07, 6.45) is 1.06. The number of nitrogens with two attached hydrogens (primary N) is 2. The molecule has 0 aromatic rings. The van der Waals surface area contributed by atoms with Gasteiger partial charge in [-0.25, -0.2) is 0 Å². The molecule has 0 bridgehead atoms. The summed E-state index contributed by atoms with van der Waals surface area (Å²) in [6, 6.07) is 0. The van der Waals surface area contributed by atoms with E-state index in [0.717, 1.165) is 0 Å². The fraction of sp³-hybridized carbons (Fsp3) is 0.818. The zero-order chi connectivity index (χ0) is 15.5. The Morgan fingerprint density at radius 3 is 2.35 bits per heavy atom. The summed E-state index contributed by atoms with van der Waals surface area (Å²) < 4.78 is 0. The van der Waals surface area contributed by atoms with E-state index in [1.807, 2.05) is 0 Å². The van der Waals surface area contributed by atoms with Gasteiger partial charge in [-0.15, -0.1) is 0 Å². The summed E-state index contributed by atoms with van der Waals surface area (Å²) in [5.41, 5.74) is 10.7. The highest BCUT2D eigenvalue weighted by Gasteiger charge is 2.20. The zero-order valence-electron chi connectivity index (χ0n) is 11.6. The molecular formula is C11H24BN3O5. The maximum Gasteiger partial charge on any atom is 0.451 e. The summed E-state index contributed by atoms with van der Waals surface area (Å²) in [6.45, 7) is 0.728. The van der Waals surface area contributed by atoms with Crippen LogP contribution in [0.4, 0.5) is 0 Å². The maximum absolute atomic E-state index is 11.6. The number of carboxylic acid groups (broad SMARTS) is 1. The van der Waals surface area contributed by atoms with Crippen LogP contribution in [0, 0.1) is 5.92 Å². The van der Waals surface area contributed by atoms with E-state index in [1.54, 1.807) is 0 Å². The second-order valence-corrected chi connectivity index (χ2v) is 4.71. The van der Waals surface area contributed by atoms with Gasteiger partial charge in [-0.2, -0.15) is 0 Å². The highest BCUT2D eigenvalue weighted by Crippen LogP contribution is 2.15. The van der Waals surface area contributed by atoms with Gasteiger partial charge in [0.25, 0.3) is 0 Å². The number of carboxylic acids is 1. The third kappa shape index (κ3) is 8.86. The van der Waals surface area contributed by atoms with Gasteiger partial charge in [0.05, 0.1) is 6.54 Å². The zero-order valence-corrected chi connectivity index (χ0v) is 11.6.